The quantitative estimate of drug-likeness (QED) is 0.0438. The summed E-state index contributed by atoms with van der Waals surface area (Å²) in [7, 11) is 1.37. The van der Waals surface area contributed by atoms with Gasteiger partial charge in [-0.15, -0.1) is 0 Å². The molecule has 1 aliphatic heterocycles. The van der Waals surface area contributed by atoms with Gasteiger partial charge < -0.3 is 44.0 Å². The van der Waals surface area contributed by atoms with Gasteiger partial charge in [0.2, 0.25) is 0 Å². The van der Waals surface area contributed by atoms with Crippen molar-refractivity contribution in [2.75, 3.05) is 60.7 Å². The number of rotatable bonds is 29. The van der Waals surface area contributed by atoms with Crippen molar-refractivity contribution >= 4 is 7.82 Å². The van der Waals surface area contributed by atoms with E-state index in [1.165, 1.54) is 83.5 Å². The zero-order valence-corrected chi connectivity index (χ0v) is 29.5. The molecule has 1 fully saturated rings. The second-order valence-electron chi connectivity index (χ2n) is 13.4. The van der Waals surface area contributed by atoms with E-state index in [0.29, 0.717) is 17.6 Å². The van der Waals surface area contributed by atoms with Crippen molar-refractivity contribution in [1.82, 2.24) is 0 Å². The standard InChI is InChI=1S/C32H66NO11P/c1-5-6-7-8-9-10-11-12-13-14-15-16-17-18-19-20-22-40-25-27(26-42-45(38,39)41-23-21-33(2,3)4)43-32-31(37)30(36)29(35)28(24-34)44-32/h27-32,34-37H,5-26H2,1-4H3/p+1/t27-,28-,29-,30+,31-,32+/m1/s1. The monoisotopic (exact) mass is 672 g/mol. The molecular formula is C32H67NO11P+. The van der Waals surface area contributed by atoms with Crippen molar-refractivity contribution in [1.29, 1.82) is 0 Å². The molecule has 0 saturated carbocycles. The summed E-state index contributed by atoms with van der Waals surface area (Å²) < 4.78 is 40.1. The molecule has 12 nitrogen and oxygen atoms in total. The van der Waals surface area contributed by atoms with Crippen LogP contribution in [0.2, 0.25) is 0 Å². The number of phosphoric ester groups is 1. The number of aliphatic hydroxyl groups excluding tert-OH is 4. The highest BCUT2D eigenvalue weighted by Gasteiger charge is 2.45. The van der Waals surface area contributed by atoms with E-state index in [4.69, 9.17) is 23.3 Å². The molecule has 0 aromatic rings. The van der Waals surface area contributed by atoms with Crippen molar-refractivity contribution in [2.24, 2.45) is 0 Å². The fourth-order valence-electron chi connectivity index (χ4n) is 5.11. The van der Waals surface area contributed by atoms with Gasteiger partial charge >= 0.3 is 7.82 Å². The van der Waals surface area contributed by atoms with E-state index in [9.17, 15) is 29.9 Å². The smallest absolute Gasteiger partial charge is 0.394 e. The first-order valence-electron chi connectivity index (χ1n) is 17.4. The number of hydrogen-bond donors (Lipinski definition) is 5. The highest BCUT2D eigenvalue weighted by molar-refractivity contribution is 7.47. The van der Waals surface area contributed by atoms with Crippen LogP contribution in [0.4, 0.5) is 0 Å². The van der Waals surface area contributed by atoms with Crippen LogP contribution in [0.15, 0.2) is 0 Å². The lowest BCUT2D eigenvalue weighted by Gasteiger charge is -2.40. The number of ether oxygens (including phenoxy) is 3. The highest BCUT2D eigenvalue weighted by atomic mass is 31.2. The third-order valence-corrected chi connectivity index (χ3v) is 9.05. The Hall–Kier alpha value is -0.210. The van der Waals surface area contributed by atoms with Crippen LogP contribution in [0.25, 0.3) is 0 Å². The maximum absolute atomic E-state index is 12.4. The number of quaternary nitrogens is 1. The maximum atomic E-state index is 12.4. The lowest BCUT2D eigenvalue weighted by atomic mass is 9.99. The minimum atomic E-state index is -4.40. The maximum Gasteiger partial charge on any atom is 0.472 e. The molecule has 0 aromatic carbocycles. The molecule has 270 valence electrons. The second-order valence-corrected chi connectivity index (χ2v) is 14.9. The summed E-state index contributed by atoms with van der Waals surface area (Å²) in [5, 5.41) is 40.0. The van der Waals surface area contributed by atoms with Gasteiger partial charge in [-0.3, -0.25) is 9.05 Å². The van der Waals surface area contributed by atoms with E-state index in [0.717, 1.165) is 19.3 Å². The van der Waals surface area contributed by atoms with Crippen molar-refractivity contribution in [2.45, 2.75) is 146 Å². The molecule has 13 heteroatoms. The molecule has 0 bridgehead atoms. The van der Waals surface area contributed by atoms with E-state index in [1.54, 1.807) is 0 Å². The minimum Gasteiger partial charge on any atom is -0.394 e. The predicted octanol–water partition coefficient (Wildman–Crippen LogP) is 4.29. The molecule has 1 saturated heterocycles. The Balaban J connectivity index is 2.33. The van der Waals surface area contributed by atoms with Crippen LogP contribution in [0.3, 0.4) is 0 Å². The molecule has 1 aliphatic rings. The largest absolute Gasteiger partial charge is 0.472 e. The number of nitrogens with zero attached hydrogens (tertiary/aromatic N) is 1. The summed E-state index contributed by atoms with van der Waals surface area (Å²) in [4.78, 5) is 10.1. The highest BCUT2D eigenvalue weighted by Crippen LogP contribution is 2.43. The van der Waals surface area contributed by atoms with E-state index < -0.39 is 57.8 Å². The molecule has 45 heavy (non-hydrogen) atoms. The second kappa shape index (κ2) is 24.9. The summed E-state index contributed by atoms with van der Waals surface area (Å²) >= 11 is 0. The Kier molecular flexibility index (Phi) is 23.7. The van der Waals surface area contributed by atoms with Crippen molar-refractivity contribution in [3.05, 3.63) is 0 Å². The van der Waals surface area contributed by atoms with Crippen LogP contribution in [-0.2, 0) is 27.8 Å². The zero-order valence-electron chi connectivity index (χ0n) is 28.6. The summed E-state index contributed by atoms with van der Waals surface area (Å²) in [6.45, 7) is 2.15. The zero-order chi connectivity index (χ0) is 33.6. The summed E-state index contributed by atoms with van der Waals surface area (Å²) in [6.07, 6.45) is 12.1. The number of likely N-dealkylation sites (N-methyl/N-ethyl adjacent to an activating group) is 1. The van der Waals surface area contributed by atoms with Crippen LogP contribution in [0.5, 0.6) is 0 Å². The van der Waals surface area contributed by atoms with E-state index >= 15 is 0 Å². The molecular weight excluding hydrogens is 605 g/mol. The Morgan fingerprint density at radius 1 is 0.711 bits per heavy atom. The topological polar surface area (TPSA) is 164 Å². The fraction of sp³-hybridized carbons (Fsp3) is 1.00. The van der Waals surface area contributed by atoms with E-state index in [1.807, 2.05) is 21.1 Å². The summed E-state index contributed by atoms with van der Waals surface area (Å²) in [5.74, 6) is 0. The average molecular weight is 673 g/mol. The third-order valence-electron chi connectivity index (χ3n) is 8.06. The minimum absolute atomic E-state index is 0.00523. The molecule has 1 rings (SSSR count). The number of phosphoric acid groups is 1. The first kappa shape index (κ1) is 42.8. The number of hydrogen-bond acceptors (Lipinski definition) is 10. The van der Waals surface area contributed by atoms with Crippen molar-refractivity contribution in [3.63, 3.8) is 0 Å². The van der Waals surface area contributed by atoms with Crippen molar-refractivity contribution in [3.8, 4) is 0 Å². The van der Waals surface area contributed by atoms with Gasteiger partial charge in [0.05, 0.1) is 41.0 Å². The Morgan fingerprint density at radius 3 is 1.71 bits per heavy atom. The lowest BCUT2D eigenvalue weighted by molar-refractivity contribution is -0.870. The SMILES string of the molecule is CCCCCCCCCCCCCCCCCCOC[C@H](COP(=O)(O)OCC[N+](C)(C)C)O[C@H]1O[C@H](CO)[C@@H](O)[C@H](O)[C@H]1O. The van der Waals surface area contributed by atoms with Gasteiger partial charge in [0.15, 0.2) is 6.29 Å². The molecule has 1 unspecified atom stereocenters. The number of aliphatic hydroxyl groups is 4. The van der Waals surface area contributed by atoms with Crippen LogP contribution >= 0.6 is 7.82 Å². The van der Waals surface area contributed by atoms with Gasteiger partial charge in [-0.2, -0.15) is 0 Å². The molecule has 0 aliphatic carbocycles. The first-order chi connectivity index (χ1) is 21.4. The van der Waals surface area contributed by atoms with E-state index in [-0.39, 0.29) is 13.2 Å². The fourth-order valence-corrected chi connectivity index (χ4v) is 5.85. The molecule has 0 amide bonds. The first-order valence-corrected chi connectivity index (χ1v) is 18.9. The Morgan fingerprint density at radius 2 is 1.22 bits per heavy atom. The molecule has 1 heterocycles. The van der Waals surface area contributed by atoms with Crippen LogP contribution in [0.1, 0.15) is 110 Å². The lowest BCUT2D eigenvalue weighted by Crippen LogP contribution is -2.60. The average Bonchev–Trinajstić information content (AvgIpc) is 2.98. The van der Waals surface area contributed by atoms with Crippen LogP contribution in [0, 0.1) is 0 Å². The van der Waals surface area contributed by atoms with Crippen LogP contribution in [-0.4, -0.2) is 127 Å². The molecule has 5 N–H and O–H groups in total. The molecule has 0 radical (unpaired) electrons. The summed E-state index contributed by atoms with van der Waals surface area (Å²) in [6, 6.07) is 0. The van der Waals surface area contributed by atoms with Gasteiger partial charge in [0.1, 0.15) is 43.7 Å². The van der Waals surface area contributed by atoms with E-state index in [2.05, 4.69) is 6.92 Å². The normalized spacial score (nSPS) is 24.5. The molecule has 7 atom stereocenters. The predicted molar refractivity (Wildman–Crippen MR) is 174 cm³/mol. The van der Waals surface area contributed by atoms with Gasteiger partial charge in [0.25, 0.3) is 0 Å². The Bertz CT molecular complexity index is 755. The molecule has 0 spiro atoms. The van der Waals surface area contributed by atoms with Crippen molar-refractivity contribution < 1.29 is 57.6 Å². The van der Waals surface area contributed by atoms with Crippen LogP contribution < -0.4 is 0 Å². The number of unbranched alkanes of at least 4 members (excludes halogenated alkanes) is 15. The third kappa shape index (κ3) is 21.4. The molecule has 0 aromatic heterocycles. The summed E-state index contributed by atoms with van der Waals surface area (Å²) in [5.41, 5.74) is 0. The Labute approximate surface area is 272 Å². The van der Waals surface area contributed by atoms with Gasteiger partial charge in [0, 0.05) is 6.61 Å². The van der Waals surface area contributed by atoms with Gasteiger partial charge in [-0.1, -0.05) is 103 Å². The van der Waals surface area contributed by atoms with Gasteiger partial charge in [-0.25, -0.2) is 4.57 Å². The van der Waals surface area contributed by atoms with Gasteiger partial charge in [-0.05, 0) is 6.42 Å².